The fourth-order valence-corrected chi connectivity index (χ4v) is 3.25. The molecule has 2 aromatic carbocycles. The summed E-state index contributed by atoms with van der Waals surface area (Å²) in [6, 6.07) is 14.0. The van der Waals surface area contributed by atoms with Crippen LogP contribution in [0, 0.1) is 6.92 Å². The van der Waals surface area contributed by atoms with Crippen LogP contribution < -0.4 is 0 Å². The van der Waals surface area contributed by atoms with Crippen LogP contribution in [-0.2, 0) is 6.42 Å². The predicted molar refractivity (Wildman–Crippen MR) is 93.7 cm³/mol. The molecule has 0 heterocycles. The first-order valence-corrected chi connectivity index (χ1v) is 8.13. The number of rotatable bonds is 4. The standard InChI is InChI=1S/C21H22O2/c1-14-7-3-4-8-16(14)13-21(23)15(2)17-9-5-11-19-18(17)10-6-12-20(19)22/h3-11,15,21,23H,12-13H2,1-2H3. The van der Waals surface area contributed by atoms with Crippen LogP contribution in [0.5, 0.6) is 0 Å². The van der Waals surface area contributed by atoms with Gasteiger partial charge in [-0.05, 0) is 35.6 Å². The molecule has 0 saturated carbocycles. The maximum atomic E-state index is 12.1. The molecule has 0 aromatic heterocycles. The fraction of sp³-hybridized carbons (Fsp3) is 0.286. The summed E-state index contributed by atoms with van der Waals surface area (Å²) in [6.45, 7) is 4.10. The highest BCUT2D eigenvalue weighted by atomic mass is 16.3. The number of hydrogen-bond acceptors (Lipinski definition) is 2. The van der Waals surface area contributed by atoms with Crippen molar-refractivity contribution in [1.29, 1.82) is 0 Å². The van der Waals surface area contributed by atoms with E-state index in [2.05, 4.69) is 19.1 Å². The third kappa shape index (κ3) is 3.13. The lowest BCUT2D eigenvalue weighted by Crippen LogP contribution is -2.21. The predicted octanol–water partition coefficient (Wildman–Crippen LogP) is 4.30. The number of carbonyl (C=O) groups excluding carboxylic acids is 1. The summed E-state index contributed by atoms with van der Waals surface area (Å²) in [5.74, 6) is 0.130. The van der Waals surface area contributed by atoms with Crippen molar-refractivity contribution in [2.75, 3.05) is 0 Å². The molecule has 3 rings (SSSR count). The van der Waals surface area contributed by atoms with E-state index >= 15 is 0 Å². The Kier molecular flexibility index (Phi) is 4.44. The molecule has 2 nitrogen and oxygen atoms in total. The van der Waals surface area contributed by atoms with E-state index in [0.717, 1.165) is 16.7 Å². The Hall–Kier alpha value is -2.19. The van der Waals surface area contributed by atoms with E-state index in [1.54, 1.807) is 0 Å². The van der Waals surface area contributed by atoms with Crippen LogP contribution in [0.3, 0.4) is 0 Å². The van der Waals surface area contributed by atoms with Gasteiger partial charge in [-0.2, -0.15) is 0 Å². The number of fused-ring (bicyclic) bond motifs is 1. The quantitative estimate of drug-likeness (QED) is 0.914. The number of allylic oxidation sites excluding steroid dienone is 1. The van der Waals surface area contributed by atoms with Gasteiger partial charge in [0.1, 0.15) is 0 Å². The van der Waals surface area contributed by atoms with Crippen LogP contribution in [-0.4, -0.2) is 17.0 Å². The summed E-state index contributed by atoms with van der Waals surface area (Å²) >= 11 is 0. The Bertz CT molecular complexity index is 758. The number of aliphatic hydroxyl groups is 1. The van der Waals surface area contributed by atoms with E-state index < -0.39 is 6.10 Å². The minimum Gasteiger partial charge on any atom is -0.392 e. The topological polar surface area (TPSA) is 37.3 Å². The third-order valence-electron chi connectivity index (χ3n) is 4.79. The minimum absolute atomic E-state index is 0.0277. The van der Waals surface area contributed by atoms with Crippen molar-refractivity contribution in [3.8, 4) is 0 Å². The first-order chi connectivity index (χ1) is 11.1. The molecule has 2 unspecified atom stereocenters. The van der Waals surface area contributed by atoms with Crippen molar-refractivity contribution >= 4 is 11.9 Å². The SMILES string of the molecule is Cc1ccccc1CC(O)C(C)c1cccc2c1C=CCC2=O. The van der Waals surface area contributed by atoms with Gasteiger partial charge in [0.25, 0.3) is 0 Å². The zero-order valence-electron chi connectivity index (χ0n) is 13.6. The average Bonchev–Trinajstić information content (AvgIpc) is 2.56. The molecule has 2 heteroatoms. The molecule has 0 fully saturated rings. The smallest absolute Gasteiger partial charge is 0.167 e. The molecule has 0 saturated heterocycles. The Balaban J connectivity index is 1.88. The summed E-state index contributed by atoms with van der Waals surface area (Å²) in [6.07, 6.45) is 4.54. The number of carbonyl (C=O) groups is 1. The number of aryl methyl sites for hydroxylation is 1. The second-order valence-electron chi connectivity index (χ2n) is 6.32. The highest BCUT2D eigenvalue weighted by Gasteiger charge is 2.23. The van der Waals surface area contributed by atoms with Crippen molar-refractivity contribution in [2.45, 2.75) is 38.7 Å². The van der Waals surface area contributed by atoms with Crippen LogP contribution in [0.4, 0.5) is 0 Å². The maximum Gasteiger partial charge on any atom is 0.167 e. The van der Waals surface area contributed by atoms with Crippen molar-refractivity contribution in [3.05, 3.63) is 76.4 Å². The molecule has 0 bridgehead atoms. The van der Waals surface area contributed by atoms with Gasteiger partial charge >= 0.3 is 0 Å². The van der Waals surface area contributed by atoms with Gasteiger partial charge in [-0.25, -0.2) is 0 Å². The molecule has 2 aromatic rings. The lowest BCUT2D eigenvalue weighted by molar-refractivity contribution is 0.0993. The van der Waals surface area contributed by atoms with E-state index in [9.17, 15) is 9.90 Å². The summed E-state index contributed by atoms with van der Waals surface area (Å²) < 4.78 is 0. The summed E-state index contributed by atoms with van der Waals surface area (Å²) in [5, 5.41) is 10.7. The zero-order chi connectivity index (χ0) is 16.4. The van der Waals surface area contributed by atoms with E-state index in [-0.39, 0.29) is 11.7 Å². The van der Waals surface area contributed by atoms with Gasteiger partial charge in [0.2, 0.25) is 0 Å². The number of hydrogen-bond donors (Lipinski definition) is 1. The first-order valence-electron chi connectivity index (χ1n) is 8.13. The van der Waals surface area contributed by atoms with Crippen LogP contribution in [0.15, 0.2) is 48.5 Å². The minimum atomic E-state index is -0.479. The van der Waals surface area contributed by atoms with E-state index in [1.165, 1.54) is 11.1 Å². The Morgan fingerprint density at radius 1 is 1.13 bits per heavy atom. The van der Waals surface area contributed by atoms with Crippen LogP contribution >= 0.6 is 0 Å². The lowest BCUT2D eigenvalue weighted by Gasteiger charge is -2.24. The van der Waals surface area contributed by atoms with Crippen LogP contribution in [0.1, 0.15) is 51.9 Å². The molecular formula is C21H22O2. The van der Waals surface area contributed by atoms with Crippen LogP contribution in [0.25, 0.3) is 6.08 Å². The molecule has 2 atom stereocenters. The number of benzene rings is 2. The molecule has 1 aliphatic carbocycles. The van der Waals surface area contributed by atoms with Crippen molar-refractivity contribution < 1.29 is 9.90 Å². The zero-order valence-corrected chi connectivity index (χ0v) is 13.6. The van der Waals surface area contributed by atoms with E-state index in [4.69, 9.17) is 0 Å². The molecule has 23 heavy (non-hydrogen) atoms. The van der Waals surface area contributed by atoms with Crippen molar-refractivity contribution in [3.63, 3.8) is 0 Å². The van der Waals surface area contributed by atoms with Gasteiger partial charge in [-0.3, -0.25) is 4.79 Å². The third-order valence-corrected chi connectivity index (χ3v) is 4.79. The van der Waals surface area contributed by atoms with Crippen molar-refractivity contribution in [1.82, 2.24) is 0 Å². The Labute approximate surface area is 137 Å². The normalized spacial score (nSPS) is 16.0. The fourth-order valence-electron chi connectivity index (χ4n) is 3.25. The van der Waals surface area contributed by atoms with Gasteiger partial charge in [0.05, 0.1) is 6.10 Å². The van der Waals surface area contributed by atoms with Crippen LogP contribution in [0.2, 0.25) is 0 Å². The highest BCUT2D eigenvalue weighted by Crippen LogP contribution is 2.31. The molecule has 1 N–H and O–H groups in total. The van der Waals surface area contributed by atoms with Gasteiger partial charge < -0.3 is 5.11 Å². The largest absolute Gasteiger partial charge is 0.392 e. The highest BCUT2D eigenvalue weighted by molar-refractivity contribution is 6.03. The second kappa shape index (κ2) is 6.51. The van der Waals surface area contributed by atoms with Gasteiger partial charge in [0, 0.05) is 17.9 Å². The molecule has 0 radical (unpaired) electrons. The summed E-state index contributed by atoms with van der Waals surface area (Å²) in [4.78, 5) is 12.1. The maximum absolute atomic E-state index is 12.1. The number of aliphatic hydroxyl groups excluding tert-OH is 1. The molecule has 0 spiro atoms. The number of ketones is 1. The Morgan fingerprint density at radius 3 is 2.70 bits per heavy atom. The molecular weight excluding hydrogens is 284 g/mol. The van der Waals surface area contributed by atoms with E-state index in [1.807, 2.05) is 49.4 Å². The molecule has 0 amide bonds. The molecule has 0 aliphatic heterocycles. The van der Waals surface area contributed by atoms with Gasteiger partial charge in [0.15, 0.2) is 5.78 Å². The molecule has 1 aliphatic rings. The van der Waals surface area contributed by atoms with Gasteiger partial charge in [-0.15, -0.1) is 0 Å². The van der Waals surface area contributed by atoms with E-state index in [0.29, 0.717) is 12.8 Å². The van der Waals surface area contributed by atoms with Gasteiger partial charge in [-0.1, -0.05) is 61.5 Å². The first kappa shape index (κ1) is 15.7. The lowest BCUT2D eigenvalue weighted by atomic mass is 9.83. The van der Waals surface area contributed by atoms with Crippen molar-refractivity contribution in [2.24, 2.45) is 0 Å². The second-order valence-corrected chi connectivity index (χ2v) is 6.32. The molecule has 118 valence electrons. The monoisotopic (exact) mass is 306 g/mol. The summed E-state index contributed by atoms with van der Waals surface area (Å²) in [5.41, 5.74) is 5.17. The number of Topliss-reactive ketones (excluding diaryl/α,β-unsaturated/α-hetero) is 1. The summed E-state index contributed by atoms with van der Waals surface area (Å²) in [7, 11) is 0. The average molecular weight is 306 g/mol. The Morgan fingerprint density at radius 2 is 1.91 bits per heavy atom.